The zero-order valence-electron chi connectivity index (χ0n) is 19.2. The Morgan fingerprint density at radius 2 is 1.97 bits per heavy atom. The highest BCUT2D eigenvalue weighted by molar-refractivity contribution is 5.92. The first-order valence-electron chi connectivity index (χ1n) is 12.0. The van der Waals surface area contributed by atoms with Gasteiger partial charge in [0.2, 0.25) is 6.29 Å². The van der Waals surface area contributed by atoms with Gasteiger partial charge in [0.05, 0.1) is 18.3 Å². The van der Waals surface area contributed by atoms with Crippen molar-refractivity contribution in [2.24, 2.45) is 0 Å². The van der Waals surface area contributed by atoms with E-state index >= 15 is 0 Å². The molecule has 1 N–H and O–H groups in total. The average molecular weight is 456 g/mol. The Labute approximate surface area is 194 Å². The van der Waals surface area contributed by atoms with Crippen LogP contribution in [-0.4, -0.2) is 48.5 Å². The zero-order valence-corrected chi connectivity index (χ0v) is 19.2. The number of hydrogen-bond acceptors (Lipinski definition) is 6. The molecule has 2 heterocycles. The van der Waals surface area contributed by atoms with Crippen LogP contribution in [0, 0.1) is 0 Å². The van der Waals surface area contributed by atoms with Crippen molar-refractivity contribution in [1.82, 2.24) is 4.90 Å². The standard InChI is InChI=1S/C26H33NO6/c1-27(19-9-3-2-4-10-19)26(30)23-15-18(16-24(33-23)31-14-8-7-13-28)21-17-32-22-12-6-5-11-20(22)25(21)29/h5-6,11-12,15,17-19,24,28H,2-4,7-10,13-14,16H2,1H3/t18-,24+/m1/s1. The van der Waals surface area contributed by atoms with Gasteiger partial charge in [-0.2, -0.15) is 0 Å². The SMILES string of the molecule is CN(C(=O)C1=C[C@@H](c2coc3ccccc3c2=O)C[C@@H](OCCCCO)O1)C1CCCCC1. The predicted octanol–water partition coefficient (Wildman–Crippen LogP) is 4.09. The van der Waals surface area contributed by atoms with Crippen LogP contribution in [0.15, 0.2) is 51.6 Å². The molecule has 7 heteroatoms. The van der Waals surface area contributed by atoms with Crippen molar-refractivity contribution in [1.29, 1.82) is 0 Å². The summed E-state index contributed by atoms with van der Waals surface area (Å²) in [5.74, 6) is -0.319. The fourth-order valence-corrected chi connectivity index (χ4v) is 4.71. The molecule has 2 aliphatic rings. The summed E-state index contributed by atoms with van der Waals surface area (Å²) < 4.78 is 17.6. The summed E-state index contributed by atoms with van der Waals surface area (Å²) in [7, 11) is 1.83. The molecule has 1 aromatic carbocycles. The number of benzene rings is 1. The van der Waals surface area contributed by atoms with Gasteiger partial charge >= 0.3 is 0 Å². The number of hydrogen-bond donors (Lipinski definition) is 1. The summed E-state index contributed by atoms with van der Waals surface area (Å²) in [6.45, 7) is 0.510. The largest absolute Gasteiger partial charge is 0.464 e. The minimum absolute atomic E-state index is 0.103. The lowest BCUT2D eigenvalue weighted by atomic mass is 9.92. The van der Waals surface area contributed by atoms with Gasteiger partial charge in [-0.25, -0.2) is 0 Å². The van der Waals surface area contributed by atoms with E-state index in [0.717, 1.165) is 25.7 Å². The molecule has 0 radical (unpaired) electrons. The van der Waals surface area contributed by atoms with Crippen molar-refractivity contribution < 1.29 is 23.8 Å². The summed E-state index contributed by atoms with van der Waals surface area (Å²) in [6.07, 6.45) is 9.77. The van der Waals surface area contributed by atoms with Gasteiger partial charge in [0.15, 0.2) is 11.2 Å². The van der Waals surface area contributed by atoms with E-state index in [-0.39, 0.29) is 35.7 Å². The van der Waals surface area contributed by atoms with Crippen LogP contribution in [0.1, 0.15) is 62.8 Å². The van der Waals surface area contributed by atoms with E-state index in [9.17, 15) is 9.59 Å². The first-order valence-corrected chi connectivity index (χ1v) is 12.0. The van der Waals surface area contributed by atoms with Gasteiger partial charge < -0.3 is 23.9 Å². The second kappa shape index (κ2) is 11.0. The molecule has 1 aliphatic heterocycles. The van der Waals surface area contributed by atoms with Crippen molar-refractivity contribution in [2.45, 2.75) is 69.6 Å². The third-order valence-electron chi connectivity index (χ3n) is 6.67. The number of fused-ring (bicyclic) bond motifs is 1. The highest BCUT2D eigenvalue weighted by Crippen LogP contribution is 2.32. The molecule has 178 valence electrons. The van der Waals surface area contributed by atoms with E-state index in [1.807, 2.05) is 19.2 Å². The lowest BCUT2D eigenvalue weighted by Gasteiger charge is -2.34. The Bertz CT molecular complexity index is 1040. The van der Waals surface area contributed by atoms with E-state index in [2.05, 4.69) is 0 Å². The number of nitrogens with zero attached hydrogens (tertiary/aromatic N) is 1. The fraction of sp³-hybridized carbons (Fsp3) is 0.538. The highest BCUT2D eigenvalue weighted by atomic mass is 16.7. The number of allylic oxidation sites excluding steroid dienone is 1. The van der Waals surface area contributed by atoms with Crippen molar-refractivity contribution in [3.8, 4) is 0 Å². The number of aliphatic hydroxyl groups is 1. The summed E-state index contributed by atoms with van der Waals surface area (Å²) in [4.78, 5) is 28.3. The summed E-state index contributed by atoms with van der Waals surface area (Å²) in [5, 5.41) is 9.54. The van der Waals surface area contributed by atoms with E-state index in [1.54, 1.807) is 23.1 Å². The fourth-order valence-electron chi connectivity index (χ4n) is 4.71. The maximum atomic E-state index is 13.3. The van der Waals surface area contributed by atoms with E-state index < -0.39 is 6.29 Å². The van der Waals surface area contributed by atoms with Crippen LogP contribution < -0.4 is 5.43 Å². The third kappa shape index (κ3) is 5.47. The molecule has 0 saturated heterocycles. The number of rotatable bonds is 8. The van der Waals surface area contributed by atoms with Gasteiger partial charge in [-0.3, -0.25) is 9.59 Å². The van der Waals surface area contributed by atoms with E-state index in [1.165, 1.54) is 12.7 Å². The van der Waals surface area contributed by atoms with Crippen molar-refractivity contribution >= 4 is 16.9 Å². The maximum Gasteiger partial charge on any atom is 0.288 e. The molecule has 1 amide bonds. The molecule has 1 aliphatic carbocycles. The van der Waals surface area contributed by atoms with Gasteiger partial charge in [-0.1, -0.05) is 31.4 Å². The number of amides is 1. The molecular weight excluding hydrogens is 422 g/mol. The first kappa shape index (κ1) is 23.5. The average Bonchev–Trinajstić information content (AvgIpc) is 2.86. The van der Waals surface area contributed by atoms with Crippen molar-refractivity contribution in [2.75, 3.05) is 20.3 Å². The number of aliphatic hydroxyl groups excluding tert-OH is 1. The number of para-hydroxylation sites is 1. The smallest absolute Gasteiger partial charge is 0.288 e. The van der Waals surface area contributed by atoms with Gasteiger partial charge in [0.25, 0.3) is 5.91 Å². The van der Waals surface area contributed by atoms with Crippen LogP contribution in [0.2, 0.25) is 0 Å². The summed E-state index contributed by atoms with van der Waals surface area (Å²) >= 11 is 0. The number of carbonyl (C=O) groups excluding carboxylic acids is 1. The van der Waals surface area contributed by atoms with Gasteiger partial charge in [-0.05, 0) is 43.9 Å². The topological polar surface area (TPSA) is 89.2 Å². The minimum Gasteiger partial charge on any atom is -0.464 e. The molecule has 4 rings (SSSR count). The molecule has 1 fully saturated rings. The Morgan fingerprint density at radius 3 is 2.76 bits per heavy atom. The molecule has 33 heavy (non-hydrogen) atoms. The number of unbranched alkanes of at least 4 members (excludes halogenated alkanes) is 1. The Balaban J connectivity index is 1.60. The maximum absolute atomic E-state index is 13.3. The first-order chi connectivity index (χ1) is 16.1. The Kier molecular flexibility index (Phi) is 7.83. The molecule has 7 nitrogen and oxygen atoms in total. The highest BCUT2D eigenvalue weighted by Gasteiger charge is 2.33. The Hall–Kier alpha value is -2.64. The molecule has 1 aromatic heterocycles. The molecule has 2 atom stereocenters. The lowest BCUT2D eigenvalue weighted by molar-refractivity contribution is -0.153. The molecule has 1 saturated carbocycles. The van der Waals surface area contributed by atoms with Crippen LogP contribution in [-0.2, 0) is 14.3 Å². The number of likely N-dealkylation sites (N-methyl/N-ethyl adjacent to an activating group) is 1. The van der Waals surface area contributed by atoms with Crippen LogP contribution >= 0.6 is 0 Å². The van der Waals surface area contributed by atoms with Crippen molar-refractivity contribution in [3.05, 3.63) is 58.2 Å². The molecule has 0 bridgehead atoms. The monoisotopic (exact) mass is 455 g/mol. The second-order valence-corrected chi connectivity index (χ2v) is 8.95. The molecule has 0 spiro atoms. The van der Waals surface area contributed by atoms with Gasteiger partial charge in [0, 0.05) is 37.6 Å². The van der Waals surface area contributed by atoms with Crippen LogP contribution in [0.3, 0.4) is 0 Å². The third-order valence-corrected chi connectivity index (χ3v) is 6.67. The van der Waals surface area contributed by atoms with E-state index in [4.69, 9.17) is 19.0 Å². The number of carbonyl (C=O) groups is 1. The van der Waals surface area contributed by atoms with Crippen LogP contribution in [0.25, 0.3) is 11.0 Å². The van der Waals surface area contributed by atoms with Gasteiger partial charge in [-0.15, -0.1) is 0 Å². The minimum atomic E-state index is -0.650. The second-order valence-electron chi connectivity index (χ2n) is 8.95. The zero-order chi connectivity index (χ0) is 23.2. The Morgan fingerprint density at radius 1 is 1.18 bits per heavy atom. The van der Waals surface area contributed by atoms with Gasteiger partial charge in [0.1, 0.15) is 5.58 Å². The molecule has 0 unspecified atom stereocenters. The number of ether oxygens (including phenoxy) is 2. The van der Waals surface area contributed by atoms with Crippen LogP contribution in [0.4, 0.5) is 0 Å². The summed E-state index contributed by atoms with van der Waals surface area (Å²) in [5.41, 5.74) is 0.922. The quantitative estimate of drug-likeness (QED) is 0.603. The molecule has 2 aromatic rings. The molecular formula is C26H33NO6. The summed E-state index contributed by atoms with van der Waals surface area (Å²) in [6, 6.07) is 7.35. The normalized spacial score (nSPS) is 21.5. The lowest BCUT2D eigenvalue weighted by Crippen LogP contribution is -2.41. The van der Waals surface area contributed by atoms with E-state index in [0.29, 0.717) is 42.4 Å². The van der Waals surface area contributed by atoms with Crippen molar-refractivity contribution in [3.63, 3.8) is 0 Å². The van der Waals surface area contributed by atoms with Crippen LogP contribution in [0.5, 0.6) is 0 Å². The predicted molar refractivity (Wildman–Crippen MR) is 125 cm³/mol.